The van der Waals surface area contributed by atoms with E-state index < -0.39 is 11.9 Å². The molecule has 4 rings (SSSR count). The van der Waals surface area contributed by atoms with Crippen LogP contribution in [0.1, 0.15) is 118 Å². The van der Waals surface area contributed by atoms with E-state index in [4.69, 9.17) is 24.7 Å². The van der Waals surface area contributed by atoms with Gasteiger partial charge in [-0.3, -0.25) is 14.6 Å². The van der Waals surface area contributed by atoms with Crippen LogP contribution >= 0.6 is 11.8 Å². The highest BCUT2D eigenvalue weighted by Gasteiger charge is 2.11. The predicted molar refractivity (Wildman–Crippen MR) is 264 cm³/mol. The fourth-order valence-corrected chi connectivity index (χ4v) is 6.12. The minimum Gasteiger partial charge on any atom is -0.494 e. The molecule has 0 fully saturated rings. The maximum Gasteiger partial charge on any atom is 0.343 e. The number of ether oxygens (including phenoxy) is 4. The minimum absolute atomic E-state index is 0. The summed E-state index contributed by atoms with van der Waals surface area (Å²) in [5.41, 5.74) is 9.75. The molecule has 0 aliphatic carbocycles. The number of nitrogens with zero attached hydrogens (tertiary/aromatic N) is 1. The van der Waals surface area contributed by atoms with Crippen LogP contribution in [-0.2, 0) is 14.3 Å². The average molecular weight is 893 g/mol. The first-order valence-corrected chi connectivity index (χ1v) is 22.1. The van der Waals surface area contributed by atoms with Crippen molar-refractivity contribution < 1.29 is 38.1 Å². The molecule has 344 valence electrons. The van der Waals surface area contributed by atoms with E-state index in [0.717, 1.165) is 71.0 Å². The van der Waals surface area contributed by atoms with Crippen LogP contribution in [0.4, 0.5) is 5.69 Å². The maximum absolute atomic E-state index is 12.7. The predicted octanol–water partition coefficient (Wildman–Crippen LogP) is 12.8. The summed E-state index contributed by atoms with van der Waals surface area (Å²) in [6.07, 6.45) is 14.0. The highest BCUT2D eigenvalue weighted by atomic mass is 32.2. The van der Waals surface area contributed by atoms with E-state index in [-0.39, 0.29) is 19.0 Å². The number of hydrogen-bond acceptors (Lipinski definition) is 11. The molecule has 0 saturated carbocycles. The van der Waals surface area contributed by atoms with E-state index in [1.165, 1.54) is 56.5 Å². The van der Waals surface area contributed by atoms with Crippen LogP contribution in [0, 0.1) is 6.92 Å². The monoisotopic (exact) mass is 892 g/mol. The Balaban J connectivity index is 0.000000736. The average Bonchev–Trinajstić information content (AvgIpc) is 3.28. The van der Waals surface area contributed by atoms with Gasteiger partial charge in [-0.1, -0.05) is 89.7 Å². The van der Waals surface area contributed by atoms with Crippen LogP contribution in [0.5, 0.6) is 17.2 Å². The van der Waals surface area contributed by atoms with Crippen molar-refractivity contribution in [2.24, 2.45) is 4.99 Å². The molecule has 64 heavy (non-hydrogen) atoms. The Morgan fingerprint density at radius 3 is 1.77 bits per heavy atom. The standard InChI is InChI=1S/C33H36N2O5S.C15H22O2.C4H6O.CH4/c1-4-32(36)39-20-10-6-5-9-19-38-28-17-14-26(15-18-28)33(37)40-29-16-13-24(2)27(21-29)23-35-22-25(3)41-31-12-8-7-11-30(31)34;1-3-4-5-6-7-12-17-15-10-8-14(9-11-15)13(2)16;1-3-4(2)5;/h4,7-8,11-18,21,23H,1,3,5-6,9-10,19-20,22,34H2,2H3;8-11H,3-7,12H2,1-2H3;3H,1H2,2H3;1H4. The summed E-state index contributed by atoms with van der Waals surface area (Å²) in [4.78, 5) is 50.8. The van der Waals surface area contributed by atoms with Crippen LogP contribution in [-0.4, -0.2) is 56.1 Å². The first-order valence-electron chi connectivity index (χ1n) is 21.3. The topological polar surface area (TPSA) is 144 Å². The number of unbranched alkanes of at least 4 members (excludes halogenated alkanes) is 7. The molecule has 2 N–H and O–H groups in total. The van der Waals surface area contributed by atoms with Gasteiger partial charge in [0, 0.05) is 33.3 Å². The molecule has 4 aromatic rings. The van der Waals surface area contributed by atoms with Crippen LogP contribution < -0.4 is 19.9 Å². The van der Waals surface area contributed by atoms with Gasteiger partial charge < -0.3 is 24.7 Å². The van der Waals surface area contributed by atoms with E-state index in [2.05, 4.69) is 31.7 Å². The van der Waals surface area contributed by atoms with E-state index >= 15 is 0 Å². The lowest BCUT2D eigenvalue weighted by atomic mass is 10.1. The zero-order valence-corrected chi connectivity index (χ0v) is 38.2. The number of benzene rings is 4. The Kier molecular flexibility index (Phi) is 29.1. The smallest absolute Gasteiger partial charge is 0.343 e. The van der Waals surface area contributed by atoms with E-state index in [1.807, 2.05) is 61.5 Å². The van der Waals surface area contributed by atoms with E-state index in [9.17, 15) is 19.2 Å². The molecular weight excluding hydrogens is 825 g/mol. The van der Waals surface area contributed by atoms with Gasteiger partial charge in [0.05, 0.1) is 31.9 Å². The number of nitrogens with two attached hydrogens (primary N) is 1. The van der Waals surface area contributed by atoms with Crippen molar-refractivity contribution in [1.82, 2.24) is 0 Å². The molecule has 0 amide bonds. The summed E-state index contributed by atoms with van der Waals surface area (Å²) in [6, 6.07) is 27.3. The van der Waals surface area contributed by atoms with Crippen molar-refractivity contribution in [2.45, 2.75) is 97.8 Å². The van der Waals surface area contributed by atoms with Gasteiger partial charge in [-0.25, -0.2) is 9.59 Å². The van der Waals surface area contributed by atoms with Gasteiger partial charge >= 0.3 is 11.9 Å². The number of carbonyl (C=O) groups is 4. The van der Waals surface area contributed by atoms with Gasteiger partial charge in [0.15, 0.2) is 11.6 Å². The molecule has 0 aliphatic rings. The van der Waals surface area contributed by atoms with Gasteiger partial charge in [-0.05, 0) is 143 Å². The third-order valence-corrected chi connectivity index (χ3v) is 10.0. The van der Waals surface area contributed by atoms with Crippen LogP contribution in [0.25, 0.3) is 0 Å². The minimum atomic E-state index is -0.453. The lowest BCUT2D eigenvalue weighted by Crippen LogP contribution is -2.09. The van der Waals surface area contributed by atoms with Gasteiger partial charge in [-0.15, -0.1) is 0 Å². The second kappa shape index (κ2) is 33.4. The summed E-state index contributed by atoms with van der Waals surface area (Å²) in [5.74, 6) is 1.24. The molecule has 11 heteroatoms. The second-order valence-corrected chi connectivity index (χ2v) is 15.6. The zero-order valence-electron chi connectivity index (χ0n) is 37.4. The molecule has 0 radical (unpaired) electrons. The first-order chi connectivity index (χ1) is 30.4. The maximum atomic E-state index is 12.7. The fraction of sp³-hybridized carbons (Fsp3) is 0.340. The Bertz CT molecular complexity index is 2080. The van der Waals surface area contributed by atoms with Crippen molar-refractivity contribution in [3.63, 3.8) is 0 Å². The van der Waals surface area contributed by atoms with Crippen molar-refractivity contribution in [3.8, 4) is 17.2 Å². The molecule has 0 saturated heterocycles. The highest BCUT2D eigenvalue weighted by molar-refractivity contribution is 8.03. The highest BCUT2D eigenvalue weighted by Crippen LogP contribution is 2.30. The normalized spacial score (nSPS) is 10.1. The first kappa shape index (κ1) is 55.8. The van der Waals surface area contributed by atoms with Crippen molar-refractivity contribution >= 4 is 47.2 Å². The summed E-state index contributed by atoms with van der Waals surface area (Å²) in [7, 11) is 0. The molecule has 10 nitrogen and oxygen atoms in total. The number of Topliss-reactive ketones (excluding diaryl/α,β-unsaturated/α-hetero) is 1. The van der Waals surface area contributed by atoms with Crippen molar-refractivity contribution in [2.75, 3.05) is 32.1 Å². The third kappa shape index (κ3) is 24.4. The second-order valence-electron chi connectivity index (χ2n) is 14.4. The molecule has 0 aliphatic heterocycles. The Morgan fingerprint density at radius 2 is 1.23 bits per heavy atom. The zero-order chi connectivity index (χ0) is 46.2. The molecule has 0 unspecified atom stereocenters. The van der Waals surface area contributed by atoms with Crippen LogP contribution in [0.2, 0.25) is 0 Å². The number of anilines is 1. The summed E-state index contributed by atoms with van der Waals surface area (Å²) >= 11 is 1.50. The molecule has 0 heterocycles. The SMILES string of the molecule is C.C=CC(=O)OCCCCCCOc1ccc(C(=O)Oc2ccc(C)c(C=NCC(=C)Sc3ccccc3N)c2)cc1.C=CC(C)=O.CCCCCCCOc1ccc(C(C)=O)cc1. The van der Waals surface area contributed by atoms with Gasteiger partial charge in [0.25, 0.3) is 0 Å². The molecule has 0 aromatic heterocycles. The molecule has 0 spiro atoms. The Hall–Kier alpha value is -6.20. The Morgan fingerprint density at radius 1 is 0.703 bits per heavy atom. The number of hydrogen-bond donors (Lipinski definition) is 1. The van der Waals surface area contributed by atoms with Crippen LogP contribution in [0.3, 0.4) is 0 Å². The molecule has 0 bridgehead atoms. The quantitative estimate of drug-likeness (QED) is 0.00998. The third-order valence-electron chi connectivity index (χ3n) is 9.01. The van der Waals surface area contributed by atoms with E-state index in [1.54, 1.807) is 49.5 Å². The fourth-order valence-electron chi connectivity index (χ4n) is 5.34. The lowest BCUT2D eigenvalue weighted by molar-refractivity contribution is -0.137. The van der Waals surface area contributed by atoms with Crippen molar-refractivity contribution in [1.29, 1.82) is 0 Å². The molecule has 4 aromatic carbocycles. The van der Waals surface area contributed by atoms with Gasteiger partial charge in [-0.2, -0.15) is 0 Å². The molecule has 0 atom stereocenters. The number of aliphatic imine (C=N–C) groups is 1. The number of aryl methyl sites for hydroxylation is 1. The molecular formula is C53H68N2O8S. The number of allylic oxidation sites excluding steroid dienone is 1. The number of thioether (sulfide) groups is 1. The number of para-hydroxylation sites is 1. The van der Waals surface area contributed by atoms with Crippen molar-refractivity contribution in [3.05, 3.63) is 150 Å². The summed E-state index contributed by atoms with van der Waals surface area (Å²) < 4.78 is 21.9. The lowest BCUT2D eigenvalue weighted by Gasteiger charge is -2.09. The number of ketones is 2. The van der Waals surface area contributed by atoms with Gasteiger partial charge in [0.2, 0.25) is 0 Å². The Labute approximate surface area is 386 Å². The number of rotatable bonds is 25. The summed E-state index contributed by atoms with van der Waals surface area (Å²) in [6.45, 7) is 20.1. The van der Waals surface area contributed by atoms with Crippen LogP contribution in [0.15, 0.2) is 138 Å². The van der Waals surface area contributed by atoms with E-state index in [0.29, 0.717) is 42.5 Å². The number of carbonyl (C=O) groups excluding carboxylic acids is 4. The largest absolute Gasteiger partial charge is 0.494 e. The summed E-state index contributed by atoms with van der Waals surface area (Å²) in [5, 5.41) is 0. The van der Waals surface area contributed by atoms with Gasteiger partial charge in [0.1, 0.15) is 17.2 Å². The number of nitrogen functional groups attached to an aromatic ring is 1. The number of esters is 2.